The average Bonchev–Trinajstić information content (AvgIpc) is 2.72. The Kier molecular flexibility index (Phi) is 5.26. The highest BCUT2D eigenvalue weighted by Gasteiger charge is 2.36. The fourth-order valence-corrected chi connectivity index (χ4v) is 1.96. The Morgan fingerprint density at radius 3 is 2.67 bits per heavy atom. The number of rotatable bonds is 3. The van der Waals surface area contributed by atoms with Crippen molar-refractivity contribution in [3.8, 4) is 0 Å². The van der Waals surface area contributed by atoms with E-state index in [1.165, 1.54) is 4.90 Å². The smallest absolute Gasteiger partial charge is 0.410 e. The zero-order valence-electron chi connectivity index (χ0n) is 11.2. The molecule has 0 saturated carbocycles. The summed E-state index contributed by atoms with van der Waals surface area (Å²) >= 11 is 5.52. The molecule has 0 aliphatic carbocycles. The summed E-state index contributed by atoms with van der Waals surface area (Å²) in [5, 5.41) is 2.70. The Morgan fingerprint density at radius 2 is 2.11 bits per heavy atom. The summed E-state index contributed by atoms with van der Waals surface area (Å²) < 4.78 is 5.29. The first-order valence-electron chi connectivity index (χ1n) is 6.18. The van der Waals surface area contributed by atoms with Crippen LogP contribution in [0.4, 0.5) is 4.79 Å². The molecule has 2 amide bonds. The number of carbonyl (C=O) groups is 2. The van der Waals surface area contributed by atoms with Crippen molar-refractivity contribution < 1.29 is 14.3 Å². The van der Waals surface area contributed by atoms with Crippen molar-refractivity contribution in [3.05, 3.63) is 0 Å². The summed E-state index contributed by atoms with van der Waals surface area (Å²) in [7, 11) is 0. The summed E-state index contributed by atoms with van der Waals surface area (Å²) in [6.07, 6.45) is 1.07. The highest BCUT2D eigenvalue weighted by molar-refractivity contribution is 6.18. The van der Waals surface area contributed by atoms with Gasteiger partial charge in [-0.2, -0.15) is 0 Å². The van der Waals surface area contributed by atoms with Crippen LogP contribution in [0.2, 0.25) is 0 Å². The molecule has 0 bridgehead atoms. The van der Waals surface area contributed by atoms with E-state index in [0.717, 1.165) is 6.42 Å². The summed E-state index contributed by atoms with van der Waals surface area (Å²) in [4.78, 5) is 25.3. The predicted octanol–water partition coefficient (Wildman–Crippen LogP) is 1.74. The van der Waals surface area contributed by atoms with Crippen molar-refractivity contribution in [3.63, 3.8) is 0 Å². The molecule has 5 nitrogen and oxygen atoms in total. The maximum absolute atomic E-state index is 11.9. The zero-order chi connectivity index (χ0) is 13.8. The van der Waals surface area contributed by atoms with Crippen LogP contribution in [-0.2, 0) is 9.53 Å². The maximum atomic E-state index is 11.9. The van der Waals surface area contributed by atoms with E-state index in [1.807, 2.05) is 20.8 Å². The number of nitrogens with zero attached hydrogens (tertiary/aromatic N) is 1. The fraction of sp³-hybridized carbons (Fsp3) is 0.833. The van der Waals surface area contributed by atoms with Gasteiger partial charge in [0.1, 0.15) is 11.6 Å². The van der Waals surface area contributed by atoms with Crippen molar-refractivity contribution in [2.75, 3.05) is 19.0 Å². The van der Waals surface area contributed by atoms with Crippen LogP contribution in [0.1, 0.15) is 33.6 Å². The number of halogens is 1. The van der Waals surface area contributed by atoms with E-state index in [4.69, 9.17) is 16.3 Å². The van der Waals surface area contributed by atoms with E-state index in [-0.39, 0.29) is 5.91 Å². The van der Waals surface area contributed by atoms with Crippen LogP contribution < -0.4 is 5.32 Å². The molecule has 1 unspecified atom stereocenters. The standard InChI is InChI=1S/C12H21ClN2O3/c1-12(2,3)18-11(17)15-8-4-5-9(15)10(16)14-7-6-13/h9H,4-8H2,1-3H3,(H,14,16). The third kappa shape index (κ3) is 4.37. The van der Waals surface area contributed by atoms with Crippen molar-refractivity contribution in [2.45, 2.75) is 45.3 Å². The molecule has 1 aliphatic heterocycles. The SMILES string of the molecule is CC(C)(C)OC(=O)N1CCCC1C(=O)NCCCl. The van der Waals surface area contributed by atoms with Gasteiger partial charge in [0, 0.05) is 19.0 Å². The second-order valence-electron chi connectivity index (χ2n) is 5.31. The number of carbonyl (C=O) groups excluding carboxylic acids is 2. The van der Waals surface area contributed by atoms with Crippen molar-refractivity contribution in [2.24, 2.45) is 0 Å². The van der Waals surface area contributed by atoms with Gasteiger partial charge in [-0.15, -0.1) is 11.6 Å². The predicted molar refractivity (Wildman–Crippen MR) is 69.7 cm³/mol. The summed E-state index contributed by atoms with van der Waals surface area (Å²) in [6, 6.07) is -0.428. The van der Waals surface area contributed by atoms with Gasteiger partial charge in [-0.3, -0.25) is 9.69 Å². The number of ether oxygens (including phenoxy) is 1. The lowest BCUT2D eigenvalue weighted by Crippen LogP contribution is -2.47. The van der Waals surface area contributed by atoms with Gasteiger partial charge in [-0.1, -0.05) is 0 Å². The normalized spacial score (nSPS) is 19.8. The van der Waals surface area contributed by atoms with Gasteiger partial charge < -0.3 is 10.1 Å². The monoisotopic (exact) mass is 276 g/mol. The van der Waals surface area contributed by atoms with E-state index >= 15 is 0 Å². The number of amides is 2. The number of likely N-dealkylation sites (tertiary alicyclic amines) is 1. The van der Waals surface area contributed by atoms with Gasteiger partial charge in [0.2, 0.25) is 5.91 Å². The van der Waals surface area contributed by atoms with E-state index in [9.17, 15) is 9.59 Å². The number of alkyl halides is 1. The molecule has 1 aliphatic rings. The topological polar surface area (TPSA) is 58.6 Å². The Labute approximate surface area is 113 Å². The lowest BCUT2D eigenvalue weighted by atomic mass is 10.2. The largest absolute Gasteiger partial charge is 0.444 e. The lowest BCUT2D eigenvalue weighted by molar-refractivity contribution is -0.125. The average molecular weight is 277 g/mol. The second-order valence-corrected chi connectivity index (χ2v) is 5.69. The molecule has 1 saturated heterocycles. The van der Waals surface area contributed by atoms with Crippen LogP contribution in [0.3, 0.4) is 0 Å². The molecule has 1 N–H and O–H groups in total. The minimum atomic E-state index is -0.545. The Bertz CT molecular complexity index is 315. The quantitative estimate of drug-likeness (QED) is 0.799. The van der Waals surface area contributed by atoms with Crippen molar-refractivity contribution in [1.29, 1.82) is 0 Å². The maximum Gasteiger partial charge on any atom is 0.410 e. The molecule has 18 heavy (non-hydrogen) atoms. The Balaban J connectivity index is 2.59. The minimum absolute atomic E-state index is 0.154. The van der Waals surface area contributed by atoms with Crippen LogP contribution in [0.5, 0.6) is 0 Å². The summed E-state index contributed by atoms with van der Waals surface area (Å²) in [5.74, 6) is 0.212. The van der Waals surface area contributed by atoms with Crippen LogP contribution in [0, 0.1) is 0 Å². The van der Waals surface area contributed by atoms with Crippen molar-refractivity contribution in [1.82, 2.24) is 10.2 Å². The molecule has 0 aromatic carbocycles. The minimum Gasteiger partial charge on any atom is -0.444 e. The first-order valence-corrected chi connectivity index (χ1v) is 6.72. The fourth-order valence-electron chi connectivity index (χ4n) is 1.87. The summed E-state index contributed by atoms with van der Waals surface area (Å²) in [6.45, 7) is 6.41. The molecular weight excluding hydrogens is 256 g/mol. The molecule has 0 aromatic rings. The third-order valence-corrected chi connectivity index (χ3v) is 2.77. The van der Waals surface area contributed by atoms with Gasteiger partial charge in [0.05, 0.1) is 0 Å². The van der Waals surface area contributed by atoms with E-state index in [0.29, 0.717) is 25.4 Å². The van der Waals surface area contributed by atoms with Crippen LogP contribution in [-0.4, -0.2) is 47.5 Å². The van der Waals surface area contributed by atoms with Crippen LogP contribution in [0.25, 0.3) is 0 Å². The number of hydrogen-bond donors (Lipinski definition) is 1. The molecule has 1 rings (SSSR count). The molecule has 104 valence electrons. The molecule has 0 aromatic heterocycles. The van der Waals surface area contributed by atoms with Crippen LogP contribution in [0.15, 0.2) is 0 Å². The molecule has 1 atom stereocenters. The zero-order valence-corrected chi connectivity index (χ0v) is 11.9. The number of nitrogens with one attached hydrogen (secondary N) is 1. The third-order valence-electron chi connectivity index (χ3n) is 2.58. The first-order chi connectivity index (χ1) is 8.35. The molecule has 1 fully saturated rings. The highest BCUT2D eigenvalue weighted by Crippen LogP contribution is 2.20. The number of hydrogen-bond acceptors (Lipinski definition) is 3. The Morgan fingerprint density at radius 1 is 1.44 bits per heavy atom. The lowest BCUT2D eigenvalue weighted by Gasteiger charge is -2.27. The molecule has 1 heterocycles. The van der Waals surface area contributed by atoms with E-state index < -0.39 is 17.7 Å². The summed E-state index contributed by atoms with van der Waals surface area (Å²) in [5.41, 5.74) is -0.545. The highest BCUT2D eigenvalue weighted by atomic mass is 35.5. The first kappa shape index (κ1) is 15.1. The Hall–Kier alpha value is -0.970. The second kappa shape index (κ2) is 6.27. The van der Waals surface area contributed by atoms with Gasteiger partial charge >= 0.3 is 6.09 Å². The van der Waals surface area contributed by atoms with Gasteiger partial charge in [0.25, 0.3) is 0 Å². The molecular formula is C12H21ClN2O3. The van der Waals surface area contributed by atoms with Gasteiger partial charge in [-0.25, -0.2) is 4.79 Å². The van der Waals surface area contributed by atoms with Gasteiger partial charge in [0.15, 0.2) is 0 Å². The van der Waals surface area contributed by atoms with Gasteiger partial charge in [-0.05, 0) is 33.6 Å². The van der Waals surface area contributed by atoms with E-state index in [2.05, 4.69) is 5.32 Å². The molecule has 0 radical (unpaired) electrons. The molecule has 0 spiro atoms. The van der Waals surface area contributed by atoms with Crippen molar-refractivity contribution >= 4 is 23.6 Å². The van der Waals surface area contributed by atoms with Crippen LogP contribution >= 0.6 is 11.6 Å². The molecule has 6 heteroatoms. The van der Waals surface area contributed by atoms with E-state index in [1.54, 1.807) is 0 Å².